The Labute approximate surface area is 98.3 Å². The lowest BCUT2D eigenvalue weighted by atomic mass is 10.2. The van der Waals surface area contributed by atoms with Gasteiger partial charge in [0.05, 0.1) is 0 Å². The van der Waals surface area contributed by atoms with E-state index in [-0.39, 0.29) is 5.75 Å². The molecule has 0 aliphatic rings. The van der Waals surface area contributed by atoms with Crippen molar-refractivity contribution in [3.05, 3.63) is 42.5 Å². The first-order chi connectivity index (χ1) is 7.90. The van der Waals surface area contributed by atoms with Crippen molar-refractivity contribution in [2.45, 2.75) is 12.9 Å². The third kappa shape index (κ3) is 5.40. The number of hydrogen-bond donors (Lipinski definition) is 0. The quantitative estimate of drug-likeness (QED) is 0.738. The third-order valence-corrected chi connectivity index (χ3v) is 2.05. The van der Waals surface area contributed by atoms with Crippen molar-refractivity contribution in [3.8, 4) is 5.75 Å². The van der Waals surface area contributed by atoms with Crippen LogP contribution in [0.15, 0.2) is 36.9 Å². The highest BCUT2D eigenvalue weighted by Gasteiger charge is 2.30. The number of hydrogen-bond acceptors (Lipinski definition) is 2. The van der Waals surface area contributed by atoms with Crippen molar-refractivity contribution in [1.82, 2.24) is 4.90 Å². The van der Waals surface area contributed by atoms with Crippen LogP contribution < -0.4 is 4.74 Å². The molecule has 1 aromatic rings. The van der Waals surface area contributed by atoms with E-state index in [0.717, 1.165) is 12.1 Å². The molecule has 94 valence electrons. The molecule has 0 fully saturated rings. The fraction of sp³-hybridized carbons (Fsp3) is 0.333. The van der Waals surface area contributed by atoms with Crippen LogP contribution in [0.5, 0.6) is 5.75 Å². The molecule has 0 bridgehead atoms. The summed E-state index contributed by atoms with van der Waals surface area (Å²) < 4.78 is 39.5. The molecule has 0 saturated carbocycles. The zero-order chi connectivity index (χ0) is 12.9. The number of rotatable bonds is 5. The van der Waals surface area contributed by atoms with Crippen LogP contribution >= 0.6 is 0 Å². The third-order valence-electron chi connectivity index (χ3n) is 2.05. The van der Waals surface area contributed by atoms with Crippen LogP contribution in [0.25, 0.3) is 0 Å². The molecule has 0 heterocycles. The second-order valence-corrected chi connectivity index (χ2v) is 3.68. The van der Waals surface area contributed by atoms with Gasteiger partial charge < -0.3 is 4.74 Å². The number of ether oxygens (including phenoxy) is 1. The molecule has 2 nitrogen and oxygen atoms in total. The van der Waals surface area contributed by atoms with Crippen LogP contribution in [0.3, 0.4) is 0 Å². The zero-order valence-electron chi connectivity index (χ0n) is 9.50. The lowest BCUT2D eigenvalue weighted by molar-refractivity contribution is -0.274. The summed E-state index contributed by atoms with van der Waals surface area (Å²) >= 11 is 0. The fourth-order valence-electron chi connectivity index (χ4n) is 1.39. The lowest BCUT2D eigenvalue weighted by Gasteiger charge is -2.14. The first-order valence-electron chi connectivity index (χ1n) is 5.05. The van der Waals surface area contributed by atoms with Crippen molar-refractivity contribution in [2.24, 2.45) is 0 Å². The van der Waals surface area contributed by atoms with E-state index in [1.807, 2.05) is 11.9 Å². The summed E-state index contributed by atoms with van der Waals surface area (Å²) in [6.07, 6.45) is -2.87. The van der Waals surface area contributed by atoms with Gasteiger partial charge in [-0.25, -0.2) is 0 Å². The summed E-state index contributed by atoms with van der Waals surface area (Å²) in [4.78, 5) is 1.99. The summed E-state index contributed by atoms with van der Waals surface area (Å²) in [6.45, 7) is 4.98. The summed E-state index contributed by atoms with van der Waals surface area (Å²) in [7, 11) is 1.90. The number of likely N-dealkylation sites (N-methyl/N-ethyl adjacent to an activating group) is 1. The van der Waals surface area contributed by atoms with Crippen LogP contribution in [0.4, 0.5) is 13.2 Å². The van der Waals surface area contributed by atoms with E-state index in [0.29, 0.717) is 6.54 Å². The average molecular weight is 245 g/mol. The number of nitrogens with zero attached hydrogens (tertiary/aromatic N) is 1. The van der Waals surface area contributed by atoms with Gasteiger partial charge in [-0.3, -0.25) is 4.90 Å². The van der Waals surface area contributed by atoms with Crippen LogP contribution in [-0.2, 0) is 6.54 Å². The molecule has 1 rings (SSSR count). The van der Waals surface area contributed by atoms with Gasteiger partial charge in [0.25, 0.3) is 0 Å². The van der Waals surface area contributed by atoms with Crippen molar-refractivity contribution in [2.75, 3.05) is 13.6 Å². The van der Waals surface area contributed by atoms with Crippen molar-refractivity contribution in [3.63, 3.8) is 0 Å². The maximum atomic E-state index is 11.9. The summed E-state index contributed by atoms with van der Waals surface area (Å²) in [6, 6.07) is 5.84. The van der Waals surface area contributed by atoms with E-state index < -0.39 is 6.36 Å². The molecule has 17 heavy (non-hydrogen) atoms. The average Bonchev–Trinajstić information content (AvgIpc) is 2.19. The normalized spacial score (nSPS) is 11.6. The highest BCUT2D eigenvalue weighted by atomic mass is 19.4. The Kier molecular flexibility index (Phi) is 4.57. The first-order valence-corrected chi connectivity index (χ1v) is 5.05. The molecule has 0 unspecified atom stereocenters. The molecular weight excluding hydrogens is 231 g/mol. The van der Waals surface area contributed by atoms with E-state index >= 15 is 0 Å². The monoisotopic (exact) mass is 245 g/mol. The predicted octanol–water partition coefficient (Wildman–Crippen LogP) is 3.20. The van der Waals surface area contributed by atoms with E-state index in [1.54, 1.807) is 18.2 Å². The first kappa shape index (κ1) is 13.6. The van der Waals surface area contributed by atoms with Gasteiger partial charge in [-0.2, -0.15) is 0 Å². The second-order valence-electron chi connectivity index (χ2n) is 3.68. The van der Waals surface area contributed by atoms with Gasteiger partial charge in [0, 0.05) is 13.1 Å². The fourth-order valence-corrected chi connectivity index (χ4v) is 1.39. The number of benzene rings is 1. The Balaban J connectivity index is 2.59. The smallest absolute Gasteiger partial charge is 0.406 e. The van der Waals surface area contributed by atoms with Crippen molar-refractivity contribution >= 4 is 0 Å². The van der Waals surface area contributed by atoms with Crippen LogP contribution in [0, 0.1) is 0 Å². The summed E-state index contributed by atoms with van der Waals surface area (Å²) in [5.74, 6) is -0.201. The van der Waals surface area contributed by atoms with Gasteiger partial charge in [-0.15, -0.1) is 19.8 Å². The Bertz CT molecular complexity index is 359. The highest BCUT2D eigenvalue weighted by Crippen LogP contribution is 2.22. The second kappa shape index (κ2) is 5.72. The maximum absolute atomic E-state index is 11.9. The van der Waals surface area contributed by atoms with E-state index in [2.05, 4.69) is 11.3 Å². The molecule has 0 aliphatic heterocycles. The molecule has 0 spiro atoms. The maximum Gasteiger partial charge on any atom is 0.573 e. The minimum Gasteiger partial charge on any atom is -0.406 e. The predicted molar refractivity (Wildman–Crippen MR) is 59.7 cm³/mol. The van der Waals surface area contributed by atoms with Gasteiger partial charge in [0.2, 0.25) is 0 Å². The molecule has 1 aromatic carbocycles. The Morgan fingerprint density at radius 2 is 1.88 bits per heavy atom. The number of alkyl halides is 3. The Morgan fingerprint density at radius 3 is 2.35 bits per heavy atom. The van der Waals surface area contributed by atoms with E-state index in [9.17, 15) is 13.2 Å². The standard InChI is InChI=1S/C12H14F3NO/c1-3-8-16(2)9-10-4-6-11(7-5-10)17-12(13,14)15/h3-7H,1,8-9H2,2H3. The molecule has 0 saturated heterocycles. The Morgan fingerprint density at radius 1 is 1.29 bits per heavy atom. The molecule has 0 N–H and O–H groups in total. The summed E-state index contributed by atoms with van der Waals surface area (Å²) in [5, 5.41) is 0. The van der Waals surface area contributed by atoms with E-state index in [1.165, 1.54) is 12.1 Å². The molecule has 0 aliphatic carbocycles. The van der Waals surface area contributed by atoms with Crippen molar-refractivity contribution in [1.29, 1.82) is 0 Å². The molecule has 0 aromatic heterocycles. The minimum absolute atomic E-state index is 0.201. The summed E-state index contributed by atoms with van der Waals surface area (Å²) in [5.41, 5.74) is 0.920. The zero-order valence-corrected chi connectivity index (χ0v) is 9.50. The van der Waals surface area contributed by atoms with Gasteiger partial charge in [0.15, 0.2) is 0 Å². The minimum atomic E-state index is -4.64. The molecule has 0 amide bonds. The largest absolute Gasteiger partial charge is 0.573 e. The molecule has 0 radical (unpaired) electrons. The topological polar surface area (TPSA) is 12.5 Å². The number of halogens is 3. The van der Waals surface area contributed by atoms with E-state index in [4.69, 9.17) is 0 Å². The molecule has 5 heteroatoms. The van der Waals surface area contributed by atoms with Gasteiger partial charge >= 0.3 is 6.36 Å². The molecular formula is C12H14F3NO. The SMILES string of the molecule is C=CCN(C)Cc1ccc(OC(F)(F)F)cc1. The lowest BCUT2D eigenvalue weighted by Crippen LogP contribution is -2.18. The van der Waals surface area contributed by atoms with Crippen LogP contribution in [-0.4, -0.2) is 24.9 Å². The highest BCUT2D eigenvalue weighted by molar-refractivity contribution is 5.27. The van der Waals surface area contributed by atoms with Crippen LogP contribution in [0.1, 0.15) is 5.56 Å². The van der Waals surface area contributed by atoms with Gasteiger partial charge in [0.1, 0.15) is 5.75 Å². The van der Waals surface area contributed by atoms with Crippen molar-refractivity contribution < 1.29 is 17.9 Å². The Hall–Kier alpha value is -1.49. The van der Waals surface area contributed by atoms with Gasteiger partial charge in [-0.05, 0) is 24.7 Å². The molecule has 0 atom stereocenters. The van der Waals surface area contributed by atoms with Crippen LogP contribution in [0.2, 0.25) is 0 Å². The van der Waals surface area contributed by atoms with Gasteiger partial charge in [-0.1, -0.05) is 18.2 Å².